The largest absolute Gasteiger partial charge is 0.497 e. The molecule has 0 saturated heterocycles. The second-order valence-electron chi connectivity index (χ2n) is 3.60. The Hall–Kier alpha value is -1.66. The van der Waals surface area contributed by atoms with Crippen LogP contribution in [-0.4, -0.2) is 33.9 Å². The van der Waals surface area contributed by atoms with Gasteiger partial charge in [-0.15, -0.1) is 5.10 Å². The summed E-state index contributed by atoms with van der Waals surface area (Å²) in [5.41, 5.74) is 0.703. The van der Waals surface area contributed by atoms with Crippen LogP contribution in [0.4, 0.5) is 0 Å². The van der Waals surface area contributed by atoms with E-state index in [2.05, 4.69) is 20.8 Å². The summed E-state index contributed by atoms with van der Waals surface area (Å²) in [4.78, 5) is 0. The van der Waals surface area contributed by atoms with Gasteiger partial charge >= 0.3 is 0 Å². The van der Waals surface area contributed by atoms with Gasteiger partial charge in [0.15, 0.2) is 5.82 Å². The molecule has 0 aliphatic rings. The Morgan fingerprint density at radius 1 is 1.44 bits per heavy atom. The number of methoxy groups -OCH3 is 1. The smallest absolute Gasteiger partial charge is 0.170 e. The number of nitrogens with zero attached hydrogens (tertiary/aromatic N) is 4. The highest BCUT2D eigenvalue weighted by Gasteiger charge is 2.11. The molecule has 7 heteroatoms. The third-order valence-corrected chi connectivity index (χ3v) is 2.77. The van der Waals surface area contributed by atoms with E-state index in [-0.39, 0.29) is 0 Å². The van der Waals surface area contributed by atoms with Gasteiger partial charge in [-0.2, -0.15) is 4.68 Å². The number of rotatable bonds is 5. The summed E-state index contributed by atoms with van der Waals surface area (Å²) in [5.74, 6) is 1.41. The number of nitrogens with one attached hydrogen (secondary N) is 1. The molecule has 0 atom stereocenters. The van der Waals surface area contributed by atoms with Gasteiger partial charge in [0, 0.05) is 6.07 Å². The minimum Gasteiger partial charge on any atom is -0.497 e. The van der Waals surface area contributed by atoms with Crippen molar-refractivity contribution in [1.82, 2.24) is 25.5 Å². The van der Waals surface area contributed by atoms with Crippen LogP contribution in [0.1, 0.15) is 12.7 Å². The Morgan fingerprint density at radius 2 is 2.28 bits per heavy atom. The number of halogens is 1. The standard InChI is InChI=1S/C11H14ClN5O/c1-3-13-7-11-14-15-16-17(11)10-6-8(18-2)4-5-9(10)12/h4-6,13H,3,7H2,1-2H3. The lowest BCUT2D eigenvalue weighted by atomic mass is 10.3. The van der Waals surface area contributed by atoms with E-state index in [4.69, 9.17) is 16.3 Å². The zero-order valence-electron chi connectivity index (χ0n) is 10.2. The first kappa shape index (κ1) is 12.8. The van der Waals surface area contributed by atoms with Crippen LogP contribution in [0.2, 0.25) is 5.02 Å². The fourth-order valence-corrected chi connectivity index (χ4v) is 1.72. The summed E-state index contributed by atoms with van der Waals surface area (Å²) >= 11 is 6.16. The monoisotopic (exact) mass is 267 g/mol. The molecule has 1 aromatic heterocycles. The van der Waals surface area contributed by atoms with Crippen molar-refractivity contribution in [3.63, 3.8) is 0 Å². The van der Waals surface area contributed by atoms with Crippen molar-refractivity contribution >= 4 is 11.6 Å². The maximum Gasteiger partial charge on any atom is 0.170 e. The van der Waals surface area contributed by atoms with Crippen molar-refractivity contribution in [3.05, 3.63) is 29.0 Å². The first-order valence-electron chi connectivity index (χ1n) is 5.58. The van der Waals surface area contributed by atoms with E-state index in [1.807, 2.05) is 6.92 Å². The van der Waals surface area contributed by atoms with Crippen LogP contribution in [-0.2, 0) is 6.54 Å². The van der Waals surface area contributed by atoms with Crippen LogP contribution in [0.3, 0.4) is 0 Å². The molecule has 0 saturated carbocycles. The normalized spacial score (nSPS) is 10.6. The molecule has 0 spiro atoms. The van der Waals surface area contributed by atoms with E-state index in [1.165, 1.54) is 0 Å². The number of aromatic nitrogens is 4. The van der Waals surface area contributed by atoms with Crippen molar-refractivity contribution in [3.8, 4) is 11.4 Å². The van der Waals surface area contributed by atoms with E-state index in [0.29, 0.717) is 28.8 Å². The average molecular weight is 268 g/mol. The summed E-state index contributed by atoms with van der Waals surface area (Å²) in [6.07, 6.45) is 0. The minimum atomic E-state index is 0.570. The molecular weight excluding hydrogens is 254 g/mol. The Bertz CT molecular complexity index is 528. The quantitative estimate of drug-likeness (QED) is 0.888. The SMILES string of the molecule is CCNCc1nnnn1-c1cc(OC)ccc1Cl. The van der Waals surface area contributed by atoms with Crippen LogP contribution in [0.25, 0.3) is 5.69 Å². The van der Waals surface area contributed by atoms with E-state index >= 15 is 0 Å². The number of hydrogen-bond acceptors (Lipinski definition) is 5. The summed E-state index contributed by atoms with van der Waals surface area (Å²) < 4.78 is 6.78. The molecule has 0 amide bonds. The molecule has 0 fully saturated rings. The molecule has 0 unspecified atom stereocenters. The third-order valence-electron chi connectivity index (χ3n) is 2.45. The predicted molar refractivity (Wildman–Crippen MR) is 68.1 cm³/mol. The van der Waals surface area contributed by atoms with Crippen molar-refractivity contribution in [2.75, 3.05) is 13.7 Å². The van der Waals surface area contributed by atoms with E-state index in [0.717, 1.165) is 6.54 Å². The fraction of sp³-hybridized carbons (Fsp3) is 0.364. The lowest BCUT2D eigenvalue weighted by Gasteiger charge is -2.08. The molecule has 0 bridgehead atoms. The Morgan fingerprint density at radius 3 is 3.00 bits per heavy atom. The minimum absolute atomic E-state index is 0.570. The maximum atomic E-state index is 6.16. The molecule has 0 aliphatic heterocycles. The second kappa shape index (κ2) is 5.79. The topological polar surface area (TPSA) is 64.9 Å². The van der Waals surface area contributed by atoms with Crippen LogP contribution >= 0.6 is 11.6 Å². The molecule has 2 aromatic rings. The van der Waals surface area contributed by atoms with Crippen molar-refractivity contribution in [2.24, 2.45) is 0 Å². The predicted octanol–water partition coefficient (Wildman–Crippen LogP) is 1.43. The Kier molecular flexibility index (Phi) is 4.11. The zero-order valence-corrected chi connectivity index (χ0v) is 11.0. The van der Waals surface area contributed by atoms with Gasteiger partial charge in [-0.05, 0) is 29.1 Å². The lowest BCUT2D eigenvalue weighted by molar-refractivity contribution is 0.414. The van der Waals surface area contributed by atoms with Gasteiger partial charge in [0.2, 0.25) is 0 Å². The number of benzene rings is 1. The highest BCUT2D eigenvalue weighted by molar-refractivity contribution is 6.32. The first-order valence-corrected chi connectivity index (χ1v) is 5.96. The lowest BCUT2D eigenvalue weighted by Crippen LogP contribution is -2.16. The molecular formula is C11H14ClN5O. The summed E-state index contributed by atoms with van der Waals surface area (Å²) in [6.45, 7) is 3.45. The first-order chi connectivity index (χ1) is 8.76. The third kappa shape index (κ3) is 2.60. The summed E-state index contributed by atoms with van der Waals surface area (Å²) in [5, 5.41) is 15.3. The zero-order chi connectivity index (χ0) is 13.0. The molecule has 1 aromatic carbocycles. The maximum absolute atomic E-state index is 6.16. The molecule has 0 aliphatic carbocycles. The molecule has 0 radical (unpaired) electrons. The van der Waals surface area contributed by atoms with Crippen molar-refractivity contribution < 1.29 is 4.74 Å². The highest BCUT2D eigenvalue weighted by atomic mass is 35.5. The van der Waals surface area contributed by atoms with Crippen LogP contribution in [0.5, 0.6) is 5.75 Å². The molecule has 2 rings (SSSR count). The van der Waals surface area contributed by atoms with Crippen molar-refractivity contribution in [2.45, 2.75) is 13.5 Å². The van der Waals surface area contributed by atoms with Gasteiger partial charge in [-0.1, -0.05) is 18.5 Å². The molecule has 96 valence electrons. The number of ether oxygens (including phenoxy) is 1. The van der Waals surface area contributed by atoms with Gasteiger partial charge in [-0.25, -0.2) is 0 Å². The second-order valence-corrected chi connectivity index (χ2v) is 4.01. The van der Waals surface area contributed by atoms with Gasteiger partial charge < -0.3 is 10.1 Å². The van der Waals surface area contributed by atoms with Gasteiger partial charge in [0.25, 0.3) is 0 Å². The Labute approximate surface area is 110 Å². The molecule has 18 heavy (non-hydrogen) atoms. The van der Waals surface area contributed by atoms with Crippen molar-refractivity contribution in [1.29, 1.82) is 0 Å². The Balaban J connectivity index is 2.38. The van der Waals surface area contributed by atoms with E-state index in [9.17, 15) is 0 Å². The van der Waals surface area contributed by atoms with E-state index in [1.54, 1.807) is 30.0 Å². The molecule has 1 N–H and O–H groups in total. The highest BCUT2D eigenvalue weighted by Crippen LogP contribution is 2.25. The van der Waals surface area contributed by atoms with E-state index < -0.39 is 0 Å². The van der Waals surface area contributed by atoms with Gasteiger partial charge in [0.05, 0.1) is 24.4 Å². The van der Waals surface area contributed by atoms with Gasteiger partial charge in [-0.3, -0.25) is 0 Å². The summed E-state index contributed by atoms with van der Waals surface area (Å²) in [6, 6.07) is 5.35. The molecule has 6 nitrogen and oxygen atoms in total. The van der Waals surface area contributed by atoms with Crippen LogP contribution in [0, 0.1) is 0 Å². The average Bonchev–Trinajstić information content (AvgIpc) is 2.85. The van der Waals surface area contributed by atoms with Crippen LogP contribution < -0.4 is 10.1 Å². The van der Waals surface area contributed by atoms with Crippen LogP contribution in [0.15, 0.2) is 18.2 Å². The fourth-order valence-electron chi connectivity index (χ4n) is 1.52. The summed E-state index contributed by atoms with van der Waals surface area (Å²) in [7, 11) is 1.60. The molecule has 1 heterocycles. The number of hydrogen-bond donors (Lipinski definition) is 1. The number of tetrazole rings is 1. The van der Waals surface area contributed by atoms with Gasteiger partial charge in [0.1, 0.15) is 5.75 Å².